The molecule has 2 N–H and O–H groups in total. The minimum Gasteiger partial charge on any atom is -0.399 e. The Balaban J connectivity index is 2.74. The summed E-state index contributed by atoms with van der Waals surface area (Å²) >= 11 is 0. The van der Waals surface area contributed by atoms with Crippen LogP contribution in [0, 0.1) is 0 Å². The zero-order valence-electron chi connectivity index (χ0n) is 10.1. The molecule has 0 aliphatic heterocycles. The average molecular weight is 221 g/mol. The van der Waals surface area contributed by atoms with Crippen molar-refractivity contribution in [3.8, 4) is 0 Å². The van der Waals surface area contributed by atoms with Gasteiger partial charge in [0.15, 0.2) is 0 Å². The third-order valence-corrected chi connectivity index (χ3v) is 2.46. The Kier molecular flexibility index (Phi) is 4.17. The van der Waals surface area contributed by atoms with Gasteiger partial charge in [-0.2, -0.15) is 0 Å². The number of hydrogen-bond donors (Lipinski definition) is 1. The minimum absolute atomic E-state index is 0.0960. The van der Waals surface area contributed by atoms with Crippen molar-refractivity contribution >= 4 is 17.3 Å². The van der Waals surface area contributed by atoms with Gasteiger partial charge in [0.25, 0.3) is 0 Å². The molecule has 4 heteroatoms. The molecule has 0 aromatic heterocycles. The van der Waals surface area contributed by atoms with Crippen molar-refractivity contribution in [1.82, 2.24) is 4.90 Å². The molecular formula is C12H19N3O. The standard InChI is InChI=1S/C12H19N3O/c1-4-15(9-12(16)14(2)3)11-7-5-10(13)6-8-11/h5-8H,4,9,13H2,1-3H3. The van der Waals surface area contributed by atoms with Gasteiger partial charge in [0, 0.05) is 32.0 Å². The summed E-state index contributed by atoms with van der Waals surface area (Å²) in [6.07, 6.45) is 0. The molecular weight excluding hydrogens is 202 g/mol. The molecule has 0 heterocycles. The number of nitrogens with zero attached hydrogens (tertiary/aromatic N) is 2. The van der Waals surface area contributed by atoms with Crippen molar-refractivity contribution in [2.24, 2.45) is 0 Å². The molecule has 0 saturated heterocycles. The summed E-state index contributed by atoms with van der Waals surface area (Å²) in [5.41, 5.74) is 7.38. The number of anilines is 2. The van der Waals surface area contributed by atoms with Crippen molar-refractivity contribution < 1.29 is 4.79 Å². The molecule has 88 valence electrons. The maximum atomic E-state index is 11.6. The van der Waals surface area contributed by atoms with Gasteiger partial charge in [0.2, 0.25) is 5.91 Å². The topological polar surface area (TPSA) is 49.6 Å². The maximum Gasteiger partial charge on any atom is 0.241 e. The molecule has 0 spiro atoms. The molecule has 0 bridgehead atoms. The van der Waals surface area contributed by atoms with E-state index in [0.29, 0.717) is 6.54 Å². The predicted molar refractivity (Wildman–Crippen MR) is 67.4 cm³/mol. The number of benzene rings is 1. The first kappa shape index (κ1) is 12.4. The van der Waals surface area contributed by atoms with Gasteiger partial charge in [-0.3, -0.25) is 4.79 Å². The number of nitrogens with two attached hydrogens (primary N) is 1. The highest BCUT2D eigenvalue weighted by molar-refractivity contribution is 5.81. The molecule has 1 aromatic rings. The van der Waals surface area contributed by atoms with Gasteiger partial charge in [-0.15, -0.1) is 0 Å². The molecule has 1 rings (SSSR count). The van der Waals surface area contributed by atoms with Gasteiger partial charge in [0.1, 0.15) is 0 Å². The van der Waals surface area contributed by atoms with Crippen molar-refractivity contribution in [2.75, 3.05) is 37.8 Å². The highest BCUT2D eigenvalue weighted by atomic mass is 16.2. The number of hydrogen-bond acceptors (Lipinski definition) is 3. The van der Waals surface area contributed by atoms with Gasteiger partial charge in [-0.05, 0) is 31.2 Å². The fourth-order valence-corrected chi connectivity index (χ4v) is 1.38. The first-order valence-electron chi connectivity index (χ1n) is 5.35. The fourth-order valence-electron chi connectivity index (χ4n) is 1.38. The van der Waals surface area contributed by atoms with Crippen LogP contribution in [0.15, 0.2) is 24.3 Å². The molecule has 0 aliphatic rings. The summed E-state index contributed by atoms with van der Waals surface area (Å²) in [5.74, 6) is 0.0960. The normalized spacial score (nSPS) is 9.94. The smallest absolute Gasteiger partial charge is 0.241 e. The van der Waals surface area contributed by atoms with Gasteiger partial charge < -0.3 is 15.5 Å². The Labute approximate surface area is 96.6 Å². The van der Waals surface area contributed by atoms with Crippen molar-refractivity contribution in [3.05, 3.63) is 24.3 Å². The van der Waals surface area contributed by atoms with Crippen molar-refractivity contribution in [3.63, 3.8) is 0 Å². The van der Waals surface area contributed by atoms with E-state index in [0.717, 1.165) is 17.9 Å². The summed E-state index contributed by atoms with van der Waals surface area (Å²) in [6.45, 7) is 3.22. The van der Waals surface area contributed by atoms with Crippen LogP contribution >= 0.6 is 0 Å². The molecule has 0 unspecified atom stereocenters. The second-order valence-electron chi connectivity index (χ2n) is 3.89. The molecule has 0 atom stereocenters. The highest BCUT2D eigenvalue weighted by Gasteiger charge is 2.10. The molecule has 0 saturated carbocycles. The van der Waals surface area contributed by atoms with E-state index >= 15 is 0 Å². The van der Waals surface area contributed by atoms with Crippen LogP contribution in [0.4, 0.5) is 11.4 Å². The van der Waals surface area contributed by atoms with Crippen molar-refractivity contribution in [2.45, 2.75) is 6.92 Å². The van der Waals surface area contributed by atoms with Crippen molar-refractivity contribution in [1.29, 1.82) is 0 Å². The number of carbonyl (C=O) groups excluding carboxylic acids is 1. The lowest BCUT2D eigenvalue weighted by Gasteiger charge is -2.24. The van der Waals surface area contributed by atoms with Crippen LogP contribution in [0.3, 0.4) is 0 Å². The number of rotatable bonds is 4. The molecule has 0 aliphatic carbocycles. The van der Waals surface area contributed by atoms with E-state index in [1.165, 1.54) is 0 Å². The summed E-state index contributed by atoms with van der Waals surface area (Å²) < 4.78 is 0. The van der Waals surface area contributed by atoms with Crippen LogP contribution in [-0.2, 0) is 4.79 Å². The van der Waals surface area contributed by atoms with Crippen LogP contribution in [0.25, 0.3) is 0 Å². The average Bonchev–Trinajstić information content (AvgIpc) is 2.26. The van der Waals surface area contributed by atoms with Crippen LogP contribution in [-0.4, -0.2) is 38.0 Å². The SMILES string of the molecule is CCN(CC(=O)N(C)C)c1ccc(N)cc1. The maximum absolute atomic E-state index is 11.6. The Morgan fingerprint density at radius 1 is 1.25 bits per heavy atom. The quantitative estimate of drug-likeness (QED) is 0.777. The second-order valence-corrected chi connectivity index (χ2v) is 3.89. The molecule has 4 nitrogen and oxygen atoms in total. The predicted octanol–water partition coefficient (Wildman–Crippen LogP) is 1.18. The molecule has 16 heavy (non-hydrogen) atoms. The van der Waals surface area contributed by atoms with Gasteiger partial charge in [-0.1, -0.05) is 0 Å². The Morgan fingerprint density at radius 2 is 1.81 bits per heavy atom. The monoisotopic (exact) mass is 221 g/mol. The van der Waals surface area contributed by atoms with Crippen LogP contribution < -0.4 is 10.6 Å². The molecule has 0 fully saturated rings. The zero-order valence-corrected chi connectivity index (χ0v) is 10.1. The summed E-state index contributed by atoms with van der Waals surface area (Å²) in [7, 11) is 3.53. The molecule has 0 radical (unpaired) electrons. The van der Waals surface area contributed by atoms with E-state index in [9.17, 15) is 4.79 Å². The molecule has 1 amide bonds. The van der Waals surface area contributed by atoms with Gasteiger partial charge in [0.05, 0.1) is 6.54 Å². The summed E-state index contributed by atoms with van der Waals surface area (Å²) in [4.78, 5) is 15.2. The Bertz CT molecular complexity index is 346. The number of likely N-dealkylation sites (N-methyl/N-ethyl adjacent to an activating group) is 2. The van der Waals surface area contributed by atoms with E-state index in [4.69, 9.17) is 5.73 Å². The number of nitrogen functional groups attached to an aromatic ring is 1. The molecule has 1 aromatic carbocycles. The van der Waals surface area contributed by atoms with Gasteiger partial charge >= 0.3 is 0 Å². The third-order valence-electron chi connectivity index (χ3n) is 2.46. The van der Waals surface area contributed by atoms with Crippen LogP contribution in [0.2, 0.25) is 0 Å². The largest absolute Gasteiger partial charge is 0.399 e. The van der Waals surface area contributed by atoms with E-state index < -0.39 is 0 Å². The zero-order chi connectivity index (χ0) is 12.1. The minimum atomic E-state index is 0.0960. The summed E-state index contributed by atoms with van der Waals surface area (Å²) in [6, 6.07) is 7.56. The van der Waals surface area contributed by atoms with E-state index in [2.05, 4.69) is 0 Å². The van der Waals surface area contributed by atoms with Gasteiger partial charge in [-0.25, -0.2) is 0 Å². The second kappa shape index (κ2) is 5.39. The van der Waals surface area contributed by atoms with Crippen LogP contribution in [0.1, 0.15) is 6.92 Å². The number of carbonyl (C=O) groups is 1. The third kappa shape index (κ3) is 3.15. The number of amides is 1. The first-order valence-corrected chi connectivity index (χ1v) is 5.35. The lowest BCUT2D eigenvalue weighted by molar-refractivity contribution is -0.127. The summed E-state index contributed by atoms with van der Waals surface area (Å²) in [5, 5.41) is 0. The Hall–Kier alpha value is -1.71. The lowest BCUT2D eigenvalue weighted by atomic mass is 10.2. The lowest BCUT2D eigenvalue weighted by Crippen LogP contribution is -2.36. The fraction of sp³-hybridized carbons (Fsp3) is 0.417. The first-order chi connectivity index (χ1) is 7.54. The van der Waals surface area contributed by atoms with E-state index in [-0.39, 0.29) is 5.91 Å². The van der Waals surface area contributed by atoms with E-state index in [1.807, 2.05) is 36.1 Å². The van der Waals surface area contributed by atoms with E-state index in [1.54, 1.807) is 19.0 Å². The highest BCUT2D eigenvalue weighted by Crippen LogP contribution is 2.15. The Morgan fingerprint density at radius 3 is 2.25 bits per heavy atom. The van der Waals surface area contributed by atoms with Crippen LogP contribution in [0.5, 0.6) is 0 Å².